The molecule has 0 saturated carbocycles. The summed E-state index contributed by atoms with van der Waals surface area (Å²) in [7, 11) is -3.38. The fraction of sp³-hybridized carbons (Fsp3) is 0.417. The predicted molar refractivity (Wildman–Crippen MR) is 70.8 cm³/mol. The van der Waals surface area contributed by atoms with Crippen molar-refractivity contribution in [3.05, 3.63) is 30.0 Å². The highest BCUT2D eigenvalue weighted by Crippen LogP contribution is 2.22. The van der Waals surface area contributed by atoms with Crippen LogP contribution < -0.4 is 5.73 Å². The topological polar surface area (TPSA) is 89.4 Å². The number of hydrogen-bond acceptors (Lipinski definition) is 5. The van der Waals surface area contributed by atoms with Gasteiger partial charge in [0.15, 0.2) is 5.58 Å². The van der Waals surface area contributed by atoms with Gasteiger partial charge < -0.3 is 10.3 Å². The van der Waals surface area contributed by atoms with Crippen LogP contribution in [-0.2, 0) is 15.8 Å². The van der Waals surface area contributed by atoms with Crippen molar-refractivity contribution in [3.63, 3.8) is 0 Å². The second kappa shape index (κ2) is 4.59. The van der Waals surface area contributed by atoms with E-state index in [-0.39, 0.29) is 11.8 Å². The zero-order valence-electron chi connectivity index (χ0n) is 10.3. The average Bonchev–Trinajstić information content (AvgIpc) is 2.97. The Hall–Kier alpha value is -1.44. The number of benzene rings is 1. The molecule has 0 aliphatic carbocycles. The third-order valence-corrected chi connectivity index (χ3v) is 5.11. The van der Waals surface area contributed by atoms with Crippen LogP contribution in [0.2, 0.25) is 0 Å². The van der Waals surface area contributed by atoms with Crippen LogP contribution in [0.1, 0.15) is 12.1 Å². The first kappa shape index (κ1) is 12.6. The van der Waals surface area contributed by atoms with Crippen LogP contribution in [0.4, 0.5) is 0 Å². The summed E-state index contributed by atoms with van der Waals surface area (Å²) >= 11 is 0. The monoisotopic (exact) mass is 281 g/mol. The lowest BCUT2D eigenvalue weighted by atomic mass is 10.2. The summed E-state index contributed by atoms with van der Waals surface area (Å²) in [6.45, 7) is 0.872. The van der Waals surface area contributed by atoms with Crippen molar-refractivity contribution < 1.29 is 12.9 Å². The van der Waals surface area contributed by atoms with Gasteiger partial charge >= 0.3 is 0 Å². The molecular weight excluding hydrogens is 266 g/mol. The summed E-state index contributed by atoms with van der Waals surface area (Å²) in [5.74, 6) is -0.142. The van der Waals surface area contributed by atoms with Crippen molar-refractivity contribution in [2.45, 2.75) is 18.2 Å². The molecule has 1 aromatic carbocycles. The number of para-hydroxylation sites is 1. The number of fused-ring (bicyclic) bond motifs is 1. The Morgan fingerprint density at radius 2 is 2.21 bits per heavy atom. The minimum atomic E-state index is -3.38. The smallest absolute Gasteiger partial charge is 0.220 e. The minimum Gasteiger partial charge on any atom is -0.356 e. The standard InChI is InChI=1S/C12H15N3O3S/c13-9-5-6-15(7-9)19(16,17)8-11-10-3-1-2-4-12(10)18-14-11/h1-4,9H,5-8,13H2/t9-/m0/s1. The number of aromatic nitrogens is 1. The molecule has 3 rings (SSSR count). The summed E-state index contributed by atoms with van der Waals surface area (Å²) in [5, 5.41) is 4.60. The Kier molecular flexibility index (Phi) is 3.04. The summed E-state index contributed by atoms with van der Waals surface area (Å²) in [5.41, 5.74) is 6.80. The van der Waals surface area contributed by atoms with E-state index >= 15 is 0 Å². The molecule has 0 unspecified atom stereocenters. The summed E-state index contributed by atoms with van der Waals surface area (Å²) in [6.07, 6.45) is 0.707. The number of nitrogens with two attached hydrogens (primary N) is 1. The molecule has 1 aromatic heterocycles. The third-order valence-electron chi connectivity index (χ3n) is 3.35. The Morgan fingerprint density at radius 3 is 2.95 bits per heavy atom. The highest BCUT2D eigenvalue weighted by molar-refractivity contribution is 7.88. The highest BCUT2D eigenvalue weighted by atomic mass is 32.2. The molecule has 1 aliphatic heterocycles. The van der Waals surface area contributed by atoms with Crippen molar-refractivity contribution in [1.82, 2.24) is 9.46 Å². The normalized spacial score (nSPS) is 21.2. The van der Waals surface area contributed by atoms with Crippen molar-refractivity contribution in [2.24, 2.45) is 5.73 Å². The third kappa shape index (κ3) is 2.36. The van der Waals surface area contributed by atoms with Crippen molar-refractivity contribution in [1.29, 1.82) is 0 Å². The zero-order chi connectivity index (χ0) is 13.5. The van der Waals surface area contributed by atoms with Gasteiger partial charge in [-0.25, -0.2) is 8.42 Å². The van der Waals surface area contributed by atoms with Gasteiger partial charge in [0, 0.05) is 24.5 Å². The van der Waals surface area contributed by atoms with Gasteiger partial charge in [0.1, 0.15) is 11.4 Å². The second-order valence-corrected chi connectivity index (χ2v) is 6.76. The fourth-order valence-corrected chi connectivity index (χ4v) is 3.85. The summed E-state index contributed by atoms with van der Waals surface area (Å²) in [6, 6.07) is 7.17. The molecule has 6 nitrogen and oxygen atoms in total. The molecule has 1 saturated heterocycles. The Morgan fingerprint density at radius 1 is 1.42 bits per heavy atom. The van der Waals surface area contributed by atoms with E-state index in [9.17, 15) is 8.42 Å². The van der Waals surface area contributed by atoms with Crippen LogP contribution in [0.25, 0.3) is 11.0 Å². The van der Waals surface area contributed by atoms with E-state index < -0.39 is 10.0 Å². The molecule has 0 spiro atoms. The summed E-state index contributed by atoms with van der Waals surface area (Å²) in [4.78, 5) is 0. The zero-order valence-corrected chi connectivity index (χ0v) is 11.1. The van der Waals surface area contributed by atoms with E-state index in [1.807, 2.05) is 18.2 Å². The molecule has 2 aromatic rings. The van der Waals surface area contributed by atoms with Crippen LogP contribution in [0.5, 0.6) is 0 Å². The number of sulfonamides is 1. The molecule has 7 heteroatoms. The molecule has 1 atom stereocenters. The van der Waals surface area contributed by atoms with Gasteiger partial charge in [-0.2, -0.15) is 4.31 Å². The quantitative estimate of drug-likeness (QED) is 0.894. The first-order chi connectivity index (χ1) is 9.06. The number of hydrogen-bond donors (Lipinski definition) is 1. The molecule has 1 fully saturated rings. The fourth-order valence-electron chi connectivity index (χ4n) is 2.31. The largest absolute Gasteiger partial charge is 0.356 e. The van der Waals surface area contributed by atoms with Gasteiger partial charge in [-0.15, -0.1) is 0 Å². The van der Waals surface area contributed by atoms with E-state index in [0.717, 1.165) is 5.39 Å². The number of nitrogens with zero attached hydrogens (tertiary/aromatic N) is 2. The van der Waals surface area contributed by atoms with Gasteiger partial charge in [-0.1, -0.05) is 17.3 Å². The SMILES string of the molecule is N[C@H]1CCN(S(=O)(=O)Cc2noc3ccccc23)C1. The average molecular weight is 281 g/mol. The minimum absolute atomic E-state index is 0.0659. The molecular formula is C12H15N3O3S. The van der Waals surface area contributed by atoms with Gasteiger partial charge in [-0.05, 0) is 18.6 Å². The molecule has 2 N–H and O–H groups in total. The van der Waals surface area contributed by atoms with Gasteiger partial charge in [0.2, 0.25) is 10.0 Å². The molecule has 102 valence electrons. The molecule has 1 aliphatic rings. The van der Waals surface area contributed by atoms with Crippen molar-refractivity contribution in [3.8, 4) is 0 Å². The lowest BCUT2D eigenvalue weighted by Crippen LogP contribution is -2.32. The molecule has 0 amide bonds. The van der Waals surface area contributed by atoms with Crippen LogP contribution >= 0.6 is 0 Å². The maximum absolute atomic E-state index is 12.3. The predicted octanol–water partition coefficient (Wildman–Crippen LogP) is 0.691. The number of rotatable bonds is 3. The van der Waals surface area contributed by atoms with Crippen LogP contribution in [0.3, 0.4) is 0 Å². The van der Waals surface area contributed by atoms with Crippen molar-refractivity contribution in [2.75, 3.05) is 13.1 Å². The maximum Gasteiger partial charge on any atom is 0.220 e. The van der Waals surface area contributed by atoms with E-state index in [2.05, 4.69) is 5.16 Å². The van der Waals surface area contributed by atoms with Gasteiger partial charge in [0.25, 0.3) is 0 Å². The highest BCUT2D eigenvalue weighted by Gasteiger charge is 2.30. The van der Waals surface area contributed by atoms with E-state index in [1.165, 1.54) is 4.31 Å². The lowest BCUT2D eigenvalue weighted by molar-refractivity contribution is 0.443. The molecule has 0 radical (unpaired) electrons. The van der Waals surface area contributed by atoms with E-state index in [0.29, 0.717) is 30.8 Å². The molecule has 0 bridgehead atoms. The van der Waals surface area contributed by atoms with Crippen molar-refractivity contribution >= 4 is 21.0 Å². The molecule has 19 heavy (non-hydrogen) atoms. The Balaban J connectivity index is 1.88. The van der Waals surface area contributed by atoms with Crippen LogP contribution in [0.15, 0.2) is 28.8 Å². The van der Waals surface area contributed by atoms with E-state index in [1.54, 1.807) is 6.07 Å². The summed E-state index contributed by atoms with van der Waals surface area (Å²) < 4.78 is 31.1. The Labute approximate surface area is 111 Å². The molecule has 2 heterocycles. The second-order valence-electron chi connectivity index (χ2n) is 4.79. The maximum atomic E-state index is 12.3. The first-order valence-corrected chi connectivity index (χ1v) is 7.74. The van der Waals surface area contributed by atoms with Crippen LogP contribution in [-0.4, -0.2) is 37.0 Å². The first-order valence-electron chi connectivity index (χ1n) is 6.13. The van der Waals surface area contributed by atoms with Gasteiger partial charge in [0.05, 0.1) is 0 Å². The van der Waals surface area contributed by atoms with Gasteiger partial charge in [-0.3, -0.25) is 0 Å². The lowest BCUT2D eigenvalue weighted by Gasteiger charge is -2.14. The van der Waals surface area contributed by atoms with Crippen LogP contribution in [0, 0.1) is 0 Å². The Bertz CT molecular complexity index is 695. The van der Waals surface area contributed by atoms with E-state index in [4.69, 9.17) is 10.3 Å².